The summed E-state index contributed by atoms with van der Waals surface area (Å²) in [5.74, 6) is -0.927. The van der Waals surface area contributed by atoms with Crippen LogP contribution < -0.4 is 20.3 Å². The van der Waals surface area contributed by atoms with E-state index in [0.717, 1.165) is 27.3 Å². The quantitative estimate of drug-likeness (QED) is 0.123. The second-order valence-corrected chi connectivity index (χ2v) is 15.7. The summed E-state index contributed by atoms with van der Waals surface area (Å²) in [5, 5.41) is 30.9. The van der Waals surface area contributed by atoms with E-state index in [2.05, 4.69) is 36.7 Å². The molecule has 5 N–H and O–H groups in total. The van der Waals surface area contributed by atoms with E-state index in [-0.39, 0.29) is 40.6 Å². The molecule has 0 bridgehead atoms. The Morgan fingerprint density at radius 2 is 1.42 bits per heavy atom. The summed E-state index contributed by atoms with van der Waals surface area (Å²) >= 11 is 0. The van der Waals surface area contributed by atoms with Crippen molar-refractivity contribution in [3.05, 3.63) is 130 Å². The van der Waals surface area contributed by atoms with Gasteiger partial charge in [0.25, 0.3) is 11.8 Å². The van der Waals surface area contributed by atoms with Crippen LogP contribution in [-0.4, -0.2) is 62.4 Å². The number of hydrogen-bond acceptors (Lipinski definition) is 7. The van der Waals surface area contributed by atoms with Gasteiger partial charge in [-0.2, -0.15) is 0 Å². The molecule has 0 aliphatic heterocycles. The summed E-state index contributed by atoms with van der Waals surface area (Å²) in [7, 11) is -2.38. The average molecular weight is 701 g/mol. The molecule has 4 aromatic rings. The topological polar surface area (TPSA) is 148 Å². The molecular weight excluding hydrogens is 653 g/mol. The van der Waals surface area contributed by atoms with E-state index in [9.17, 15) is 28.2 Å². The molecule has 0 aliphatic carbocycles. The van der Waals surface area contributed by atoms with Gasteiger partial charge < -0.3 is 26.2 Å². The summed E-state index contributed by atoms with van der Waals surface area (Å²) in [5.41, 5.74) is 3.70. The van der Waals surface area contributed by atoms with Crippen LogP contribution in [0.3, 0.4) is 0 Å². The Morgan fingerprint density at radius 3 is 2.00 bits per heavy atom. The van der Waals surface area contributed by atoms with Gasteiger partial charge in [-0.25, -0.2) is 8.42 Å². The molecular formula is C39H48N4O6S. The zero-order chi connectivity index (χ0) is 36.6. The highest BCUT2D eigenvalue weighted by Gasteiger charge is 2.25. The summed E-state index contributed by atoms with van der Waals surface area (Å²) < 4.78 is 26.0. The van der Waals surface area contributed by atoms with Crippen molar-refractivity contribution >= 4 is 27.5 Å². The van der Waals surface area contributed by atoms with Crippen LogP contribution in [0.15, 0.2) is 97.1 Å². The second kappa shape index (κ2) is 16.3. The number of anilines is 1. The molecule has 0 saturated heterocycles. The lowest BCUT2D eigenvalue weighted by Gasteiger charge is -2.26. The monoisotopic (exact) mass is 700 g/mol. The first-order chi connectivity index (χ1) is 23.5. The molecule has 0 aliphatic rings. The van der Waals surface area contributed by atoms with Crippen LogP contribution in [0.5, 0.6) is 5.75 Å². The van der Waals surface area contributed by atoms with Crippen molar-refractivity contribution < 1.29 is 28.2 Å². The number of phenolic OH excluding ortho intramolecular Hbond substituents is 1. The average Bonchev–Trinajstić information content (AvgIpc) is 3.08. The van der Waals surface area contributed by atoms with E-state index in [1.54, 1.807) is 6.07 Å². The molecule has 0 unspecified atom stereocenters. The molecule has 0 heterocycles. The molecule has 0 radical (unpaired) electrons. The van der Waals surface area contributed by atoms with Gasteiger partial charge in [-0.05, 0) is 59.7 Å². The van der Waals surface area contributed by atoms with E-state index in [4.69, 9.17) is 0 Å². The lowest BCUT2D eigenvalue weighted by Crippen LogP contribution is -2.48. The first-order valence-corrected chi connectivity index (χ1v) is 18.4. The van der Waals surface area contributed by atoms with E-state index < -0.39 is 34.0 Å². The number of hydrogen-bond donors (Lipinski definition) is 5. The number of benzene rings is 4. The summed E-state index contributed by atoms with van der Waals surface area (Å²) in [4.78, 5) is 27.3. The molecule has 4 aromatic carbocycles. The van der Waals surface area contributed by atoms with Crippen LogP contribution in [-0.2, 0) is 28.4 Å². The van der Waals surface area contributed by atoms with Crippen molar-refractivity contribution in [2.75, 3.05) is 24.2 Å². The zero-order valence-corrected chi connectivity index (χ0v) is 30.3. The fourth-order valence-electron chi connectivity index (χ4n) is 5.45. The Balaban J connectivity index is 1.58. The van der Waals surface area contributed by atoms with E-state index >= 15 is 0 Å². The Labute approximate surface area is 295 Å². The number of aliphatic hydroxyl groups is 1. The van der Waals surface area contributed by atoms with Gasteiger partial charge in [0.2, 0.25) is 10.0 Å². The van der Waals surface area contributed by atoms with E-state index in [1.165, 1.54) is 25.2 Å². The third-order valence-electron chi connectivity index (χ3n) is 8.64. The molecule has 4 rings (SSSR count). The van der Waals surface area contributed by atoms with E-state index in [1.807, 2.05) is 79.7 Å². The Morgan fingerprint density at radius 1 is 0.840 bits per heavy atom. The van der Waals surface area contributed by atoms with Gasteiger partial charge in [0.05, 0.1) is 30.1 Å². The van der Waals surface area contributed by atoms with Gasteiger partial charge in [-0.15, -0.1) is 0 Å². The number of aliphatic hydroxyl groups excluding tert-OH is 1. The second-order valence-electron chi connectivity index (χ2n) is 13.7. The van der Waals surface area contributed by atoms with Crippen molar-refractivity contribution in [3.8, 4) is 5.75 Å². The van der Waals surface area contributed by atoms with Crippen LogP contribution in [0.4, 0.5) is 5.69 Å². The van der Waals surface area contributed by atoms with Crippen molar-refractivity contribution in [1.29, 1.82) is 0 Å². The fraction of sp³-hybridized carbons (Fsp3) is 0.333. The Kier molecular flexibility index (Phi) is 12.4. The number of rotatable bonds is 14. The largest absolute Gasteiger partial charge is 0.508 e. The van der Waals surface area contributed by atoms with Gasteiger partial charge in [0, 0.05) is 36.8 Å². The van der Waals surface area contributed by atoms with Crippen LogP contribution in [0.1, 0.15) is 76.7 Å². The number of carbonyl (C=O) groups is 2. The first-order valence-electron chi connectivity index (χ1n) is 16.5. The molecule has 0 fully saturated rings. The maximum absolute atomic E-state index is 13.9. The summed E-state index contributed by atoms with van der Waals surface area (Å²) in [6.45, 7) is 8.49. The Bertz CT molecular complexity index is 1880. The van der Waals surface area contributed by atoms with Crippen LogP contribution in [0.2, 0.25) is 0 Å². The van der Waals surface area contributed by atoms with Gasteiger partial charge >= 0.3 is 0 Å². The van der Waals surface area contributed by atoms with E-state index in [0.29, 0.717) is 18.5 Å². The van der Waals surface area contributed by atoms with Gasteiger partial charge in [0.1, 0.15) is 5.75 Å². The molecule has 0 aromatic heterocycles. The molecule has 10 nitrogen and oxygen atoms in total. The maximum atomic E-state index is 13.9. The molecule has 11 heteroatoms. The maximum Gasteiger partial charge on any atom is 0.251 e. The van der Waals surface area contributed by atoms with Crippen LogP contribution >= 0.6 is 0 Å². The van der Waals surface area contributed by atoms with Crippen molar-refractivity contribution in [2.24, 2.45) is 0 Å². The molecule has 0 saturated carbocycles. The molecule has 2 amide bonds. The normalized spacial score (nSPS) is 13.6. The number of nitrogens with one attached hydrogen (secondary N) is 3. The number of nitrogens with zero attached hydrogens (tertiary/aromatic N) is 1. The third-order valence-corrected chi connectivity index (χ3v) is 9.85. The van der Waals surface area contributed by atoms with Crippen molar-refractivity contribution in [3.63, 3.8) is 0 Å². The minimum Gasteiger partial charge on any atom is -0.508 e. The van der Waals surface area contributed by atoms with Crippen molar-refractivity contribution in [1.82, 2.24) is 16.0 Å². The third kappa shape index (κ3) is 10.4. The molecule has 3 atom stereocenters. The molecule has 266 valence electrons. The number of aromatic hydroxyl groups is 1. The predicted octanol–water partition coefficient (Wildman–Crippen LogP) is 5.07. The highest BCUT2D eigenvalue weighted by molar-refractivity contribution is 7.92. The minimum absolute atomic E-state index is 0.0534. The minimum atomic E-state index is -3.73. The fourth-order valence-corrected chi connectivity index (χ4v) is 5.93. The Hall–Kier alpha value is -4.71. The van der Waals surface area contributed by atoms with Gasteiger partial charge in [0.15, 0.2) is 0 Å². The zero-order valence-electron chi connectivity index (χ0n) is 29.5. The van der Waals surface area contributed by atoms with Crippen LogP contribution in [0.25, 0.3) is 0 Å². The van der Waals surface area contributed by atoms with Crippen molar-refractivity contribution in [2.45, 2.75) is 64.3 Å². The summed E-state index contributed by atoms with van der Waals surface area (Å²) in [6, 6.07) is 27.4. The number of amides is 2. The first kappa shape index (κ1) is 38.1. The number of carbonyl (C=O) groups excluding carboxylic acids is 2. The highest BCUT2D eigenvalue weighted by atomic mass is 32.2. The SMILES string of the molecule is C[C@@H](NC(=O)c1cc(C(=O)N[C@@H](Cc2ccccc2)[C@H](O)CNCc2cc(C(C)(C)C)ccc2O)cc(N(C)S(C)(=O)=O)c1)c1ccccc1. The molecule has 0 spiro atoms. The smallest absolute Gasteiger partial charge is 0.251 e. The lowest BCUT2D eigenvalue weighted by atomic mass is 9.86. The predicted molar refractivity (Wildman–Crippen MR) is 198 cm³/mol. The van der Waals surface area contributed by atoms with Gasteiger partial charge in [-0.1, -0.05) is 93.6 Å². The highest BCUT2D eigenvalue weighted by Crippen LogP contribution is 2.27. The number of phenols is 1. The number of sulfonamides is 1. The molecule has 50 heavy (non-hydrogen) atoms. The van der Waals surface area contributed by atoms with Crippen LogP contribution in [0, 0.1) is 0 Å². The summed E-state index contributed by atoms with van der Waals surface area (Å²) in [6.07, 6.45) is 0.281. The lowest BCUT2D eigenvalue weighted by molar-refractivity contribution is 0.0830. The standard InChI is InChI=1S/C39H48N4O6S/c1-26(28-15-11-8-12-16-28)41-37(46)29-20-30(23-33(22-29)43(5)50(6,48)49)38(47)42-34(19-27-13-9-7-10-14-27)36(45)25-40-24-31-21-32(39(2,3)4)17-18-35(31)44/h7-18,20-23,26,34,36,40,44-45H,19,24-25H2,1-6H3,(H,41,46)(H,42,47)/t26-,34+,36-/m1/s1. The van der Waals surface area contributed by atoms with Gasteiger partial charge in [-0.3, -0.25) is 13.9 Å².